The molecule has 13 heavy (non-hydrogen) atoms. The average molecular weight is 214 g/mol. The van der Waals surface area contributed by atoms with Gasteiger partial charge < -0.3 is 14.7 Å². The lowest BCUT2D eigenvalue weighted by molar-refractivity contribution is 0.382. The maximum Gasteiger partial charge on any atom is 0.249 e. The van der Waals surface area contributed by atoms with E-state index in [-0.39, 0.29) is 0 Å². The van der Waals surface area contributed by atoms with Crippen LogP contribution in [0.3, 0.4) is 0 Å². The SMILES string of the molecule is CCOP1(=S)Nc2ccccc2N1. The molecular formula is C8H11N2OPS. The summed E-state index contributed by atoms with van der Waals surface area (Å²) in [6.07, 6.45) is 0. The van der Waals surface area contributed by atoms with Crippen molar-refractivity contribution in [1.82, 2.24) is 0 Å². The molecule has 0 saturated heterocycles. The van der Waals surface area contributed by atoms with Crippen molar-refractivity contribution >= 4 is 29.7 Å². The molecule has 0 bridgehead atoms. The molecule has 1 aliphatic rings. The lowest BCUT2D eigenvalue weighted by Crippen LogP contribution is -2.00. The van der Waals surface area contributed by atoms with Crippen LogP contribution in [0.5, 0.6) is 0 Å². The Kier molecular flexibility index (Phi) is 2.28. The van der Waals surface area contributed by atoms with E-state index in [2.05, 4.69) is 10.2 Å². The molecule has 0 unspecified atom stereocenters. The van der Waals surface area contributed by atoms with Crippen LogP contribution in [0.1, 0.15) is 6.92 Å². The van der Waals surface area contributed by atoms with Gasteiger partial charge in [-0.1, -0.05) is 12.1 Å². The minimum absolute atomic E-state index is 0.630. The predicted octanol–water partition coefficient (Wildman–Crippen LogP) is 2.79. The van der Waals surface area contributed by atoms with E-state index < -0.39 is 6.57 Å². The van der Waals surface area contributed by atoms with Gasteiger partial charge >= 0.3 is 0 Å². The van der Waals surface area contributed by atoms with Gasteiger partial charge in [0, 0.05) is 0 Å². The largest absolute Gasteiger partial charge is 0.319 e. The Bertz CT molecular complexity index is 340. The number of fused-ring (bicyclic) bond motifs is 1. The normalized spacial score (nSPS) is 17.3. The number of nitrogens with one attached hydrogen (secondary N) is 2. The predicted molar refractivity (Wildman–Crippen MR) is 59.6 cm³/mol. The Labute approximate surface area is 82.7 Å². The fourth-order valence-corrected chi connectivity index (χ4v) is 3.75. The highest BCUT2D eigenvalue weighted by atomic mass is 32.4. The van der Waals surface area contributed by atoms with Crippen LogP contribution >= 0.6 is 6.57 Å². The molecule has 1 heterocycles. The fraction of sp³-hybridized carbons (Fsp3) is 0.250. The lowest BCUT2D eigenvalue weighted by atomic mass is 10.3. The summed E-state index contributed by atoms with van der Waals surface area (Å²) in [6, 6.07) is 7.94. The molecular weight excluding hydrogens is 203 g/mol. The third-order valence-electron chi connectivity index (χ3n) is 1.77. The summed E-state index contributed by atoms with van der Waals surface area (Å²) >= 11 is 5.34. The van der Waals surface area contributed by atoms with Gasteiger partial charge in [0.25, 0.3) is 0 Å². The van der Waals surface area contributed by atoms with Crippen LogP contribution < -0.4 is 10.2 Å². The average Bonchev–Trinajstić information content (AvgIpc) is 2.40. The Hall–Kier alpha value is -0.570. The molecule has 0 fully saturated rings. The summed E-state index contributed by atoms with van der Waals surface area (Å²) < 4.78 is 5.48. The smallest absolute Gasteiger partial charge is 0.249 e. The Balaban J connectivity index is 2.27. The molecule has 70 valence electrons. The van der Waals surface area contributed by atoms with E-state index in [1.54, 1.807) is 0 Å². The van der Waals surface area contributed by atoms with Crippen molar-refractivity contribution in [3.63, 3.8) is 0 Å². The molecule has 1 aromatic carbocycles. The number of hydrogen-bond donors (Lipinski definition) is 2. The molecule has 2 rings (SSSR count). The van der Waals surface area contributed by atoms with Gasteiger partial charge in [0.05, 0.1) is 18.0 Å². The zero-order chi connectivity index (χ0) is 9.31. The fourth-order valence-electron chi connectivity index (χ4n) is 1.27. The molecule has 0 amide bonds. The van der Waals surface area contributed by atoms with E-state index in [1.807, 2.05) is 31.2 Å². The highest BCUT2D eigenvalue weighted by Crippen LogP contribution is 2.54. The first-order valence-corrected chi connectivity index (χ1v) is 6.86. The number of rotatable bonds is 2. The molecule has 0 atom stereocenters. The second-order valence-corrected chi connectivity index (χ2v) is 6.09. The van der Waals surface area contributed by atoms with Crippen LogP contribution in [0.2, 0.25) is 0 Å². The van der Waals surface area contributed by atoms with E-state index in [0.717, 1.165) is 11.4 Å². The first-order valence-electron chi connectivity index (χ1n) is 4.14. The zero-order valence-electron chi connectivity index (χ0n) is 7.28. The van der Waals surface area contributed by atoms with E-state index in [0.29, 0.717) is 6.61 Å². The molecule has 1 aliphatic heterocycles. The van der Waals surface area contributed by atoms with Crippen molar-refractivity contribution in [2.45, 2.75) is 6.92 Å². The van der Waals surface area contributed by atoms with Crippen molar-refractivity contribution in [2.75, 3.05) is 16.8 Å². The van der Waals surface area contributed by atoms with E-state index in [1.165, 1.54) is 0 Å². The molecule has 0 saturated carbocycles. The van der Waals surface area contributed by atoms with Gasteiger partial charge in [0.1, 0.15) is 0 Å². The van der Waals surface area contributed by atoms with Gasteiger partial charge in [-0.15, -0.1) is 0 Å². The van der Waals surface area contributed by atoms with Crippen LogP contribution in [0.15, 0.2) is 24.3 Å². The minimum atomic E-state index is -2.02. The molecule has 0 radical (unpaired) electrons. The highest BCUT2D eigenvalue weighted by Gasteiger charge is 2.25. The van der Waals surface area contributed by atoms with Crippen molar-refractivity contribution < 1.29 is 4.52 Å². The lowest BCUT2D eigenvalue weighted by Gasteiger charge is -2.15. The quantitative estimate of drug-likeness (QED) is 0.742. The summed E-state index contributed by atoms with van der Waals surface area (Å²) in [6.45, 7) is 0.556. The van der Waals surface area contributed by atoms with Crippen molar-refractivity contribution in [2.24, 2.45) is 0 Å². The van der Waals surface area contributed by atoms with Crippen LogP contribution in [0.25, 0.3) is 0 Å². The zero-order valence-corrected chi connectivity index (χ0v) is 8.99. The maximum atomic E-state index is 5.48. The van der Waals surface area contributed by atoms with Crippen molar-refractivity contribution in [1.29, 1.82) is 0 Å². The summed E-state index contributed by atoms with van der Waals surface area (Å²) in [5.74, 6) is 0. The van der Waals surface area contributed by atoms with Crippen molar-refractivity contribution in [3.05, 3.63) is 24.3 Å². The summed E-state index contributed by atoms with van der Waals surface area (Å²) in [7, 11) is 0. The van der Waals surface area contributed by atoms with Gasteiger partial charge in [0.15, 0.2) is 0 Å². The summed E-state index contributed by atoms with van der Waals surface area (Å²) in [5.41, 5.74) is 2.08. The van der Waals surface area contributed by atoms with Gasteiger partial charge in [0.2, 0.25) is 6.57 Å². The molecule has 2 N–H and O–H groups in total. The van der Waals surface area contributed by atoms with Crippen LogP contribution in [-0.2, 0) is 16.3 Å². The minimum Gasteiger partial charge on any atom is -0.319 e. The summed E-state index contributed by atoms with van der Waals surface area (Å²) in [5, 5.41) is 6.41. The van der Waals surface area contributed by atoms with E-state index in [9.17, 15) is 0 Å². The monoisotopic (exact) mass is 214 g/mol. The van der Waals surface area contributed by atoms with Crippen LogP contribution in [0, 0.1) is 0 Å². The second-order valence-electron chi connectivity index (χ2n) is 2.74. The van der Waals surface area contributed by atoms with Gasteiger partial charge in [-0.3, -0.25) is 0 Å². The number of hydrogen-bond acceptors (Lipinski definition) is 2. The maximum absolute atomic E-state index is 5.48. The standard InChI is InChI=1S/C8H11N2OPS/c1-2-11-12(13)9-7-5-3-4-6-8(7)10-12/h3-6H,2H2,1H3,(H2,9,10,13). The van der Waals surface area contributed by atoms with Crippen molar-refractivity contribution in [3.8, 4) is 0 Å². The highest BCUT2D eigenvalue weighted by molar-refractivity contribution is 8.13. The van der Waals surface area contributed by atoms with E-state index >= 15 is 0 Å². The van der Waals surface area contributed by atoms with Gasteiger partial charge in [-0.25, -0.2) is 0 Å². The van der Waals surface area contributed by atoms with Crippen LogP contribution in [0.4, 0.5) is 11.4 Å². The summed E-state index contributed by atoms with van der Waals surface area (Å²) in [4.78, 5) is 0. The first kappa shape index (κ1) is 9.00. The molecule has 0 aromatic heterocycles. The van der Waals surface area contributed by atoms with Gasteiger partial charge in [-0.2, -0.15) is 0 Å². The molecule has 0 aliphatic carbocycles. The molecule has 1 aromatic rings. The Morgan fingerprint density at radius 2 is 1.85 bits per heavy atom. The molecule has 0 spiro atoms. The molecule has 3 nitrogen and oxygen atoms in total. The van der Waals surface area contributed by atoms with E-state index in [4.69, 9.17) is 16.3 Å². The first-order chi connectivity index (χ1) is 6.23. The third kappa shape index (κ3) is 1.70. The second kappa shape index (κ2) is 3.29. The third-order valence-corrected chi connectivity index (χ3v) is 4.33. The number of para-hydroxylation sites is 2. The molecule has 5 heteroatoms. The topological polar surface area (TPSA) is 33.3 Å². The van der Waals surface area contributed by atoms with Gasteiger partial charge in [-0.05, 0) is 30.9 Å². The van der Waals surface area contributed by atoms with Crippen LogP contribution in [-0.4, -0.2) is 6.61 Å². The number of benzene rings is 1. The number of anilines is 2. The Morgan fingerprint density at radius 1 is 1.31 bits per heavy atom. The Morgan fingerprint density at radius 3 is 2.31 bits per heavy atom.